The fourth-order valence-corrected chi connectivity index (χ4v) is 2.81. The molecule has 0 aliphatic carbocycles. The summed E-state index contributed by atoms with van der Waals surface area (Å²) in [4.78, 5) is 12.4. The minimum absolute atomic E-state index is 0.279. The molecule has 3 atom stereocenters. The molecular weight excluding hydrogens is 336 g/mol. The molecule has 2 aromatic rings. The molecule has 1 saturated heterocycles. The zero-order valence-electron chi connectivity index (χ0n) is 15.0. The number of benzene rings is 2. The second-order valence-electron chi connectivity index (χ2n) is 5.74. The predicted molar refractivity (Wildman–Crippen MR) is 94.1 cm³/mol. The number of ether oxygens (including phenoxy) is 5. The first kappa shape index (κ1) is 18.2. The fraction of sp³-hybridized carbons (Fsp3) is 0.350. The van der Waals surface area contributed by atoms with Gasteiger partial charge in [0.2, 0.25) is 0 Å². The summed E-state index contributed by atoms with van der Waals surface area (Å²) in [7, 11) is 3.21. The predicted octanol–water partition coefficient (Wildman–Crippen LogP) is 3.42. The van der Waals surface area contributed by atoms with Crippen molar-refractivity contribution in [1.82, 2.24) is 0 Å². The summed E-state index contributed by atoms with van der Waals surface area (Å²) in [6, 6.07) is 14.7. The van der Waals surface area contributed by atoms with Gasteiger partial charge in [-0.15, -0.1) is 0 Å². The van der Waals surface area contributed by atoms with Gasteiger partial charge in [0, 0.05) is 5.56 Å². The molecule has 0 radical (unpaired) electrons. The summed E-state index contributed by atoms with van der Waals surface area (Å²) in [6.07, 6.45) is -2.06. The first-order chi connectivity index (χ1) is 12.7. The highest BCUT2D eigenvalue weighted by Gasteiger charge is 2.43. The van der Waals surface area contributed by atoms with Gasteiger partial charge in [0.15, 0.2) is 12.4 Å². The van der Waals surface area contributed by atoms with Crippen LogP contribution in [0, 0.1) is 0 Å². The van der Waals surface area contributed by atoms with E-state index in [9.17, 15) is 4.79 Å². The van der Waals surface area contributed by atoms with Crippen LogP contribution in [-0.4, -0.2) is 32.9 Å². The van der Waals surface area contributed by atoms with Crippen molar-refractivity contribution in [2.75, 3.05) is 20.8 Å². The van der Waals surface area contributed by atoms with Gasteiger partial charge < -0.3 is 23.7 Å². The van der Waals surface area contributed by atoms with E-state index in [-0.39, 0.29) is 6.61 Å². The highest BCUT2D eigenvalue weighted by Crippen LogP contribution is 2.41. The van der Waals surface area contributed by atoms with E-state index in [2.05, 4.69) is 0 Å². The Hall–Kier alpha value is -2.57. The van der Waals surface area contributed by atoms with Gasteiger partial charge in [-0.3, -0.25) is 0 Å². The van der Waals surface area contributed by atoms with E-state index in [0.29, 0.717) is 0 Å². The van der Waals surface area contributed by atoms with E-state index in [1.165, 1.54) is 0 Å². The van der Waals surface area contributed by atoms with Crippen LogP contribution < -0.4 is 9.47 Å². The maximum atomic E-state index is 12.4. The Morgan fingerprint density at radius 2 is 1.42 bits per heavy atom. The lowest BCUT2D eigenvalue weighted by atomic mass is 10.0. The summed E-state index contributed by atoms with van der Waals surface area (Å²) in [5.74, 6) is 1.02. The van der Waals surface area contributed by atoms with E-state index in [1.54, 1.807) is 21.1 Å². The van der Waals surface area contributed by atoms with E-state index in [0.717, 1.165) is 22.6 Å². The molecule has 1 aliphatic rings. The summed E-state index contributed by atoms with van der Waals surface area (Å²) in [5, 5.41) is 0. The molecule has 0 bridgehead atoms. The van der Waals surface area contributed by atoms with Crippen LogP contribution in [0.5, 0.6) is 11.5 Å². The number of hydrogen-bond acceptors (Lipinski definition) is 6. The molecule has 0 amide bonds. The number of carbonyl (C=O) groups is 1. The van der Waals surface area contributed by atoms with Crippen LogP contribution >= 0.6 is 0 Å². The van der Waals surface area contributed by atoms with Crippen molar-refractivity contribution in [1.29, 1.82) is 0 Å². The van der Waals surface area contributed by atoms with Gasteiger partial charge in [-0.1, -0.05) is 24.3 Å². The molecule has 26 heavy (non-hydrogen) atoms. The monoisotopic (exact) mass is 358 g/mol. The SMILES string of the molecule is CCOC(=O)C1OC(c2ccc(OC)cc2)OC1c1ccc(OC)cc1. The third kappa shape index (κ3) is 3.81. The molecule has 1 aliphatic heterocycles. The van der Waals surface area contributed by atoms with Gasteiger partial charge in [-0.25, -0.2) is 4.79 Å². The van der Waals surface area contributed by atoms with E-state index >= 15 is 0 Å². The Labute approximate surface area is 152 Å². The van der Waals surface area contributed by atoms with Gasteiger partial charge in [0.1, 0.15) is 17.6 Å². The molecule has 0 N–H and O–H groups in total. The molecule has 2 aromatic carbocycles. The molecule has 6 heteroatoms. The molecule has 1 fully saturated rings. The molecule has 1 heterocycles. The number of methoxy groups -OCH3 is 2. The molecule has 0 saturated carbocycles. The first-order valence-corrected chi connectivity index (χ1v) is 8.41. The summed E-state index contributed by atoms with van der Waals surface area (Å²) in [6.45, 7) is 2.04. The highest BCUT2D eigenvalue weighted by molar-refractivity contribution is 5.76. The maximum absolute atomic E-state index is 12.4. The van der Waals surface area contributed by atoms with Crippen molar-refractivity contribution >= 4 is 5.97 Å². The third-order valence-corrected chi connectivity index (χ3v) is 4.17. The molecule has 3 rings (SSSR count). The Kier molecular flexibility index (Phi) is 5.75. The first-order valence-electron chi connectivity index (χ1n) is 8.41. The molecular formula is C20H22O6. The topological polar surface area (TPSA) is 63.2 Å². The average Bonchev–Trinajstić information content (AvgIpc) is 3.14. The van der Waals surface area contributed by atoms with Crippen molar-refractivity contribution in [3.05, 3.63) is 59.7 Å². The van der Waals surface area contributed by atoms with Crippen molar-refractivity contribution in [3.8, 4) is 11.5 Å². The maximum Gasteiger partial charge on any atom is 0.338 e. The van der Waals surface area contributed by atoms with Crippen molar-refractivity contribution in [3.63, 3.8) is 0 Å². The Balaban J connectivity index is 1.85. The number of carbonyl (C=O) groups excluding carboxylic acids is 1. The number of hydrogen-bond donors (Lipinski definition) is 0. The van der Waals surface area contributed by atoms with Gasteiger partial charge >= 0.3 is 5.97 Å². The molecule has 0 aromatic heterocycles. The Morgan fingerprint density at radius 3 is 1.92 bits per heavy atom. The second-order valence-corrected chi connectivity index (χ2v) is 5.74. The van der Waals surface area contributed by atoms with Gasteiger partial charge in [0.25, 0.3) is 0 Å². The largest absolute Gasteiger partial charge is 0.497 e. The normalized spacial score (nSPS) is 22.0. The summed E-state index contributed by atoms with van der Waals surface area (Å²) >= 11 is 0. The van der Waals surface area contributed by atoms with E-state index < -0.39 is 24.5 Å². The zero-order valence-corrected chi connectivity index (χ0v) is 15.0. The number of rotatable bonds is 6. The molecule has 0 spiro atoms. The fourth-order valence-electron chi connectivity index (χ4n) is 2.81. The van der Waals surface area contributed by atoms with Crippen molar-refractivity contribution in [2.24, 2.45) is 0 Å². The average molecular weight is 358 g/mol. The van der Waals surface area contributed by atoms with Crippen molar-refractivity contribution < 1.29 is 28.5 Å². The second kappa shape index (κ2) is 8.21. The van der Waals surface area contributed by atoms with Crippen LogP contribution in [-0.2, 0) is 19.0 Å². The lowest BCUT2D eigenvalue weighted by Crippen LogP contribution is -2.28. The van der Waals surface area contributed by atoms with E-state index in [1.807, 2.05) is 48.5 Å². The molecule has 6 nitrogen and oxygen atoms in total. The van der Waals surface area contributed by atoms with Gasteiger partial charge in [0.05, 0.1) is 20.8 Å². The Morgan fingerprint density at radius 1 is 0.885 bits per heavy atom. The minimum atomic E-state index is -0.838. The van der Waals surface area contributed by atoms with Crippen LogP contribution in [0.25, 0.3) is 0 Å². The van der Waals surface area contributed by atoms with Gasteiger partial charge in [-0.2, -0.15) is 0 Å². The van der Waals surface area contributed by atoms with Crippen LogP contribution in [0.3, 0.4) is 0 Å². The standard InChI is InChI=1S/C20H22O6/c1-4-24-19(21)18-17(13-5-9-15(22-2)10-6-13)25-20(26-18)14-7-11-16(23-3)12-8-14/h5-12,17-18,20H,4H2,1-3H3. The Bertz CT molecular complexity index is 725. The lowest BCUT2D eigenvalue weighted by molar-refractivity contribution is -0.157. The third-order valence-electron chi connectivity index (χ3n) is 4.17. The van der Waals surface area contributed by atoms with Crippen LogP contribution in [0.4, 0.5) is 0 Å². The summed E-state index contributed by atoms with van der Waals surface area (Å²) < 4.78 is 27.4. The zero-order chi connectivity index (χ0) is 18.5. The smallest absolute Gasteiger partial charge is 0.338 e. The molecule has 3 unspecified atom stereocenters. The molecule has 138 valence electrons. The number of esters is 1. The minimum Gasteiger partial charge on any atom is -0.497 e. The van der Waals surface area contributed by atoms with Crippen molar-refractivity contribution in [2.45, 2.75) is 25.4 Å². The highest BCUT2D eigenvalue weighted by atomic mass is 16.7. The van der Waals surface area contributed by atoms with Crippen LogP contribution in [0.2, 0.25) is 0 Å². The van der Waals surface area contributed by atoms with Crippen LogP contribution in [0.1, 0.15) is 30.4 Å². The lowest BCUT2D eigenvalue weighted by Gasteiger charge is -2.16. The summed E-state index contributed by atoms with van der Waals surface area (Å²) in [5.41, 5.74) is 1.62. The quantitative estimate of drug-likeness (QED) is 0.738. The van der Waals surface area contributed by atoms with Crippen LogP contribution in [0.15, 0.2) is 48.5 Å². The van der Waals surface area contributed by atoms with Gasteiger partial charge in [-0.05, 0) is 36.8 Å². The van der Waals surface area contributed by atoms with E-state index in [4.69, 9.17) is 23.7 Å².